The molecule has 0 spiro atoms. The van der Waals surface area contributed by atoms with Crippen LogP contribution >= 0.6 is 11.8 Å². The zero-order chi connectivity index (χ0) is 19.8. The van der Waals surface area contributed by atoms with Crippen LogP contribution < -0.4 is 0 Å². The average Bonchev–Trinajstić information content (AvgIpc) is 3.48. The average molecular weight is 404 g/mol. The summed E-state index contributed by atoms with van der Waals surface area (Å²) in [5, 5.41) is 5.30. The molecular formula is C22H20N4O2S. The summed E-state index contributed by atoms with van der Waals surface area (Å²) in [5.41, 5.74) is 3.02. The first-order valence-electron chi connectivity index (χ1n) is 9.51. The number of rotatable bonds is 5. The van der Waals surface area contributed by atoms with Gasteiger partial charge in [0.1, 0.15) is 0 Å². The minimum absolute atomic E-state index is 0.0420. The Balaban J connectivity index is 1.31. The van der Waals surface area contributed by atoms with Gasteiger partial charge in [0.05, 0.1) is 0 Å². The van der Waals surface area contributed by atoms with Crippen molar-refractivity contribution in [2.75, 3.05) is 12.8 Å². The molecule has 4 aromatic rings. The fourth-order valence-electron chi connectivity index (χ4n) is 3.75. The van der Waals surface area contributed by atoms with Crippen LogP contribution in [-0.2, 0) is 11.3 Å². The van der Waals surface area contributed by atoms with Gasteiger partial charge >= 0.3 is 0 Å². The number of hydrogen-bond acceptors (Lipinski definition) is 5. The number of benzene rings is 2. The van der Waals surface area contributed by atoms with E-state index in [1.54, 1.807) is 11.8 Å². The number of aromatic nitrogens is 3. The Labute approximate surface area is 172 Å². The summed E-state index contributed by atoms with van der Waals surface area (Å²) < 4.78 is 5.50. The zero-order valence-corrected chi connectivity index (χ0v) is 16.8. The smallest absolute Gasteiger partial charge is 0.258 e. The number of carbonyl (C=O) groups excluding carboxylic acids is 1. The predicted molar refractivity (Wildman–Crippen MR) is 113 cm³/mol. The van der Waals surface area contributed by atoms with E-state index in [0.29, 0.717) is 31.2 Å². The highest BCUT2D eigenvalue weighted by Crippen LogP contribution is 2.30. The van der Waals surface area contributed by atoms with E-state index in [4.69, 9.17) is 4.52 Å². The maximum absolute atomic E-state index is 12.5. The Morgan fingerprint density at radius 3 is 2.90 bits per heavy atom. The van der Waals surface area contributed by atoms with Crippen molar-refractivity contribution in [3.63, 3.8) is 0 Å². The maximum Gasteiger partial charge on any atom is 0.258 e. The third-order valence-electron chi connectivity index (χ3n) is 5.36. The van der Waals surface area contributed by atoms with Gasteiger partial charge in [-0.2, -0.15) is 4.98 Å². The number of hydrogen-bond donors (Lipinski definition) is 1. The van der Waals surface area contributed by atoms with Crippen molar-refractivity contribution in [2.24, 2.45) is 0 Å². The molecule has 1 aliphatic rings. The molecule has 0 aliphatic carbocycles. The third kappa shape index (κ3) is 3.53. The standard InChI is InChI=1S/C22H20N4O2S/c1-29-18-6-2-14(3-7-18)12-26-13-17(11-20(26)27)21-24-22(28-25-21)16-5-4-15-8-9-23-19(15)10-16/h2-10,17,23H,11-13H2,1H3. The van der Waals surface area contributed by atoms with Gasteiger partial charge in [-0.05, 0) is 47.5 Å². The van der Waals surface area contributed by atoms with Crippen molar-refractivity contribution in [3.05, 3.63) is 66.1 Å². The van der Waals surface area contributed by atoms with Crippen molar-refractivity contribution >= 4 is 28.6 Å². The van der Waals surface area contributed by atoms with Crippen LogP contribution in [0.4, 0.5) is 0 Å². The highest BCUT2D eigenvalue weighted by atomic mass is 32.2. The molecule has 7 heteroatoms. The Kier molecular flexibility index (Phi) is 4.60. The molecular weight excluding hydrogens is 384 g/mol. The van der Waals surface area contributed by atoms with Gasteiger partial charge in [0.2, 0.25) is 5.91 Å². The van der Waals surface area contributed by atoms with Crippen LogP contribution in [0.5, 0.6) is 0 Å². The van der Waals surface area contributed by atoms with Gasteiger partial charge in [-0.25, -0.2) is 0 Å². The second kappa shape index (κ2) is 7.40. The van der Waals surface area contributed by atoms with E-state index in [1.807, 2.05) is 35.4 Å². The van der Waals surface area contributed by atoms with Gasteiger partial charge in [-0.15, -0.1) is 11.8 Å². The number of nitrogens with zero attached hydrogens (tertiary/aromatic N) is 3. The summed E-state index contributed by atoms with van der Waals surface area (Å²) in [4.78, 5) is 23.4. The number of H-pyrrole nitrogens is 1. The summed E-state index contributed by atoms with van der Waals surface area (Å²) in [6.07, 6.45) is 4.37. The number of fused-ring (bicyclic) bond motifs is 1. The van der Waals surface area contributed by atoms with Crippen molar-refractivity contribution in [1.82, 2.24) is 20.0 Å². The van der Waals surface area contributed by atoms with Crippen molar-refractivity contribution in [3.8, 4) is 11.5 Å². The topological polar surface area (TPSA) is 75.0 Å². The van der Waals surface area contributed by atoms with Gasteiger partial charge < -0.3 is 14.4 Å². The molecule has 0 radical (unpaired) electrons. The van der Waals surface area contributed by atoms with Gasteiger partial charge in [0, 0.05) is 47.6 Å². The molecule has 1 saturated heterocycles. The van der Waals surface area contributed by atoms with Crippen LogP contribution in [0, 0.1) is 0 Å². The molecule has 0 saturated carbocycles. The van der Waals surface area contributed by atoms with Crippen LogP contribution in [0.2, 0.25) is 0 Å². The minimum Gasteiger partial charge on any atom is -0.361 e. The molecule has 0 bridgehead atoms. The van der Waals surface area contributed by atoms with Gasteiger partial charge in [-0.1, -0.05) is 23.4 Å². The molecule has 146 valence electrons. The molecule has 3 heterocycles. The molecule has 1 unspecified atom stereocenters. The number of amides is 1. The molecule has 2 aromatic heterocycles. The molecule has 29 heavy (non-hydrogen) atoms. The summed E-state index contributed by atoms with van der Waals surface area (Å²) in [7, 11) is 0. The first-order chi connectivity index (χ1) is 14.2. The number of aromatic amines is 1. The highest BCUT2D eigenvalue weighted by molar-refractivity contribution is 7.98. The lowest BCUT2D eigenvalue weighted by Crippen LogP contribution is -2.24. The molecule has 1 fully saturated rings. The Bertz CT molecular complexity index is 1170. The van der Waals surface area contributed by atoms with Gasteiger partial charge in [0.25, 0.3) is 5.89 Å². The zero-order valence-electron chi connectivity index (χ0n) is 16.0. The summed E-state index contributed by atoms with van der Waals surface area (Å²) in [6, 6.07) is 16.3. The lowest BCUT2D eigenvalue weighted by atomic mass is 10.1. The van der Waals surface area contributed by atoms with Crippen LogP contribution in [0.1, 0.15) is 23.7 Å². The summed E-state index contributed by atoms with van der Waals surface area (Å²) in [6.45, 7) is 1.22. The minimum atomic E-state index is -0.0420. The molecule has 5 rings (SSSR count). The Morgan fingerprint density at radius 2 is 2.07 bits per heavy atom. The van der Waals surface area contributed by atoms with E-state index < -0.39 is 0 Å². The van der Waals surface area contributed by atoms with E-state index in [2.05, 4.69) is 45.6 Å². The second-order valence-electron chi connectivity index (χ2n) is 7.26. The number of likely N-dealkylation sites (tertiary alicyclic amines) is 1. The van der Waals surface area contributed by atoms with Crippen LogP contribution in [0.3, 0.4) is 0 Å². The fourth-order valence-corrected chi connectivity index (χ4v) is 4.16. The molecule has 2 aromatic carbocycles. The Morgan fingerprint density at radius 1 is 1.21 bits per heavy atom. The van der Waals surface area contributed by atoms with E-state index >= 15 is 0 Å². The summed E-state index contributed by atoms with van der Waals surface area (Å²) >= 11 is 1.71. The second-order valence-corrected chi connectivity index (χ2v) is 8.14. The molecule has 1 atom stereocenters. The highest BCUT2D eigenvalue weighted by Gasteiger charge is 2.33. The van der Waals surface area contributed by atoms with Crippen molar-refractivity contribution in [2.45, 2.75) is 23.8 Å². The van der Waals surface area contributed by atoms with E-state index in [9.17, 15) is 4.79 Å². The van der Waals surface area contributed by atoms with Crippen LogP contribution in [0.15, 0.2) is 64.1 Å². The third-order valence-corrected chi connectivity index (χ3v) is 6.10. The first-order valence-corrected chi connectivity index (χ1v) is 10.7. The largest absolute Gasteiger partial charge is 0.361 e. The normalized spacial score (nSPS) is 16.8. The molecule has 1 N–H and O–H groups in total. The summed E-state index contributed by atoms with van der Waals surface area (Å²) in [5.74, 6) is 1.16. The fraction of sp³-hybridized carbons (Fsp3) is 0.227. The Hall–Kier alpha value is -3.06. The van der Waals surface area contributed by atoms with Crippen molar-refractivity contribution in [1.29, 1.82) is 0 Å². The number of thioether (sulfide) groups is 1. The van der Waals surface area contributed by atoms with Crippen LogP contribution in [-0.4, -0.2) is 38.7 Å². The van der Waals surface area contributed by atoms with Gasteiger partial charge in [0.15, 0.2) is 5.82 Å². The quantitative estimate of drug-likeness (QED) is 0.497. The van der Waals surface area contributed by atoms with Crippen LogP contribution in [0.25, 0.3) is 22.4 Å². The van der Waals surface area contributed by atoms with E-state index in [-0.39, 0.29) is 11.8 Å². The SMILES string of the molecule is CSc1ccc(CN2CC(c3noc(-c4ccc5cc[nH]c5c4)n3)CC2=O)cc1. The monoisotopic (exact) mass is 404 g/mol. The molecule has 1 aliphatic heterocycles. The number of nitrogens with one attached hydrogen (secondary N) is 1. The maximum atomic E-state index is 12.5. The van der Waals surface area contributed by atoms with E-state index in [1.165, 1.54) is 4.90 Å². The first kappa shape index (κ1) is 18.0. The molecule has 6 nitrogen and oxygen atoms in total. The predicted octanol–water partition coefficient (Wildman–Crippen LogP) is 4.46. The lowest BCUT2D eigenvalue weighted by Gasteiger charge is -2.16. The molecule has 1 amide bonds. The lowest BCUT2D eigenvalue weighted by molar-refractivity contribution is -0.128. The van der Waals surface area contributed by atoms with E-state index in [0.717, 1.165) is 22.0 Å². The van der Waals surface area contributed by atoms with Crippen molar-refractivity contribution < 1.29 is 9.32 Å². The van der Waals surface area contributed by atoms with Gasteiger partial charge in [-0.3, -0.25) is 4.79 Å². The number of carbonyl (C=O) groups is 1.